The minimum Gasteiger partial charge on any atom is -0.386 e. The average molecular weight is 399 g/mol. The van der Waals surface area contributed by atoms with Crippen LogP contribution in [0.25, 0.3) is 0 Å². The van der Waals surface area contributed by atoms with Crippen LogP contribution < -0.4 is 10.6 Å². The molecule has 156 valence electrons. The summed E-state index contributed by atoms with van der Waals surface area (Å²) in [5.74, 6) is -0.148. The number of piperidine rings is 1. The summed E-state index contributed by atoms with van der Waals surface area (Å²) in [6.07, 6.45) is 9.36. The quantitative estimate of drug-likeness (QED) is 0.543. The van der Waals surface area contributed by atoms with Crippen molar-refractivity contribution >= 4 is 23.3 Å². The molecule has 1 aliphatic carbocycles. The normalized spacial score (nSPS) is 16.6. The molecule has 1 fully saturated rings. The lowest BCUT2D eigenvalue weighted by atomic mass is 9.97. The number of carbonyl (C=O) groups excluding carboxylic acids is 2. The second kappa shape index (κ2) is 11.2. The molecule has 7 nitrogen and oxygen atoms in total. The lowest BCUT2D eigenvalue weighted by Gasteiger charge is -2.27. The van der Waals surface area contributed by atoms with E-state index in [0.717, 1.165) is 30.7 Å². The summed E-state index contributed by atoms with van der Waals surface area (Å²) in [4.78, 5) is 31.1. The minimum absolute atomic E-state index is 0.0687. The lowest BCUT2D eigenvalue weighted by Crippen LogP contribution is -2.41. The Balaban J connectivity index is 1.29. The molecule has 1 saturated heterocycles. The van der Waals surface area contributed by atoms with E-state index in [1.807, 2.05) is 30.3 Å². The van der Waals surface area contributed by atoms with Gasteiger partial charge in [-0.05, 0) is 44.2 Å². The van der Waals surface area contributed by atoms with E-state index in [0.29, 0.717) is 32.5 Å². The van der Waals surface area contributed by atoms with E-state index in [9.17, 15) is 9.59 Å². The molecule has 1 heterocycles. The van der Waals surface area contributed by atoms with E-state index in [1.54, 1.807) is 4.90 Å². The van der Waals surface area contributed by atoms with E-state index >= 15 is 0 Å². The van der Waals surface area contributed by atoms with Gasteiger partial charge in [0.25, 0.3) is 5.91 Å². The van der Waals surface area contributed by atoms with E-state index < -0.39 is 0 Å². The number of para-hydroxylation sites is 1. The van der Waals surface area contributed by atoms with E-state index in [4.69, 9.17) is 4.84 Å². The average Bonchev–Trinajstić information content (AvgIpc) is 2.76. The number of urea groups is 1. The van der Waals surface area contributed by atoms with Gasteiger partial charge in [0.05, 0.1) is 5.71 Å². The number of oxime groups is 1. The zero-order valence-corrected chi connectivity index (χ0v) is 16.9. The molecular weight excluding hydrogens is 368 g/mol. The van der Waals surface area contributed by atoms with Crippen LogP contribution >= 0.6 is 0 Å². The Hall–Kier alpha value is -2.83. The summed E-state index contributed by atoms with van der Waals surface area (Å²) in [5, 5.41) is 9.85. The second-order valence-electron chi connectivity index (χ2n) is 7.42. The molecule has 29 heavy (non-hydrogen) atoms. The summed E-state index contributed by atoms with van der Waals surface area (Å²) < 4.78 is 0. The summed E-state index contributed by atoms with van der Waals surface area (Å²) >= 11 is 0. The third kappa shape index (κ3) is 7.25. The van der Waals surface area contributed by atoms with Gasteiger partial charge in [0, 0.05) is 38.2 Å². The zero-order valence-electron chi connectivity index (χ0n) is 16.9. The number of allylic oxidation sites excluding steroid dienone is 1. The van der Waals surface area contributed by atoms with Gasteiger partial charge >= 0.3 is 6.03 Å². The first-order chi connectivity index (χ1) is 14.2. The van der Waals surface area contributed by atoms with Crippen LogP contribution in [0.3, 0.4) is 0 Å². The number of likely N-dealkylation sites (tertiary alicyclic amines) is 1. The highest BCUT2D eigenvalue weighted by atomic mass is 16.6. The SMILES string of the molecule is O=C(CON=C1CCN(C(=O)Nc2ccccc2)CC1)NCCC1=CCCCC1. The van der Waals surface area contributed by atoms with Crippen molar-refractivity contribution in [2.75, 3.05) is 31.6 Å². The molecule has 7 heteroatoms. The van der Waals surface area contributed by atoms with Gasteiger partial charge in [0.1, 0.15) is 0 Å². The van der Waals surface area contributed by atoms with Gasteiger partial charge in [0.2, 0.25) is 0 Å². The molecular formula is C22H30N4O3. The molecule has 0 unspecified atom stereocenters. The first-order valence-electron chi connectivity index (χ1n) is 10.4. The van der Waals surface area contributed by atoms with Crippen LogP contribution in [0.1, 0.15) is 44.9 Å². The standard InChI is InChI=1S/C22H30N4O3/c27-21(23-14-11-18-7-3-1-4-8-18)17-29-25-20-12-15-26(16-13-20)22(28)24-19-9-5-2-6-10-19/h2,5-7,9-10H,1,3-4,8,11-17H2,(H,23,27)(H,24,28). The topological polar surface area (TPSA) is 83.0 Å². The highest BCUT2D eigenvalue weighted by Gasteiger charge is 2.20. The van der Waals surface area contributed by atoms with Gasteiger partial charge in [-0.25, -0.2) is 4.79 Å². The van der Waals surface area contributed by atoms with Crippen molar-refractivity contribution in [3.63, 3.8) is 0 Å². The van der Waals surface area contributed by atoms with Crippen LogP contribution in [0.15, 0.2) is 47.1 Å². The molecule has 0 radical (unpaired) electrons. The Morgan fingerprint density at radius 3 is 2.59 bits per heavy atom. The monoisotopic (exact) mass is 398 g/mol. The summed E-state index contributed by atoms with van der Waals surface area (Å²) in [6.45, 7) is 1.75. The number of nitrogens with one attached hydrogen (secondary N) is 2. The third-order valence-corrected chi connectivity index (χ3v) is 5.20. The Kier molecular flexibility index (Phi) is 8.10. The van der Waals surface area contributed by atoms with Crippen LogP contribution in [0.2, 0.25) is 0 Å². The maximum absolute atomic E-state index is 12.3. The van der Waals surface area contributed by atoms with Crippen molar-refractivity contribution in [3.05, 3.63) is 42.0 Å². The smallest absolute Gasteiger partial charge is 0.321 e. The van der Waals surface area contributed by atoms with E-state index in [1.165, 1.54) is 18.4 Å². The third-order valence-electron chi connectivity index (χ3n) is 5.20. The Morgan fingerprint density at radius 1 is 1.07 bits per heavy atom. The molecule has 1 aromatic carbocycles. The number of hydrogen-bond acceptors (Lipinski definition) is 4. The Bertz CT molecular complexity index is 736. The predicted octanol–water partition coefficient (Wildman–Crippen LogP) is 3.69. The lowest BCUT2D eigenvalue weighted by molar-refractivity contribution is -0.125. The van der Waals surface area contributed by atoms with Gasteiger partial charge in [-0.2, -0.15) is 0 Å². The Labute approximate surface area is 172 Å². The number of hydrogen-bond donors (Lipinski definition) is 2. The first kappa shape index (κ1) is 20.9. The van der Waals surface area contributed by atoms with Gasteiger partial charge in [-0.15, -0.1) is 0 Å². The zero-order chi connectivity index (χ0) is 20.3. The highest BCUT2D eigenvalue weighted by Crippen LogP contribution is 2.19. The van der Waals surface area contributed by atoms with Crippen LogP contribution in [0, 0.1) is 0 Å². The first-order valence-corrected chi connectivity index (χ1v) is 10.4. The number of nitrogens with zero attached hydrogens (tertiary/aromatic N) is 2. The van der Waals surface area contributed by atoms with Crippen molar-refractivity contribution in [1.82, 2.24) is 10.2 Å². The molecule has 2 aliphatic rings. The molecule has 0 aromatic heterocycles. The molecule has 0 atom stereocenters. The van der Waals surface area contributed by atoms with Gasteiger partial charge in [-0.1, -0.05) is 35.0 Å². The van der Waals surface area contributed by atoms with Crippen LogP contribution in [0.4, 0.5) is 10.5 Å². The molecule has 2 N–H and O–H groups in total. The fraction of sp³-hybridized carbons (Fsp3) is 0.500. The van der Waals surface area contributed by atoms with Gasteiger partial charge in [-0.3, -0.25) is 4.79 Å². The van der Waals surface area contributed by atoms with Gasteiger partial charge in [0.15, 0.2) is 6.61 Å². The molecule has 1 aromatic rings. The fourth-order valence-electron chi connectivity index (χ4n) is 3.51. The molecule has 1 aliphatic heterocycles. The summed E-state index contributed by atoms with van der Waals surface area (Å²) in [6, 6.07) is 9.30. The second-order valence-corrected chi connectivity index (χ2v) is 7.42. The number of rotatable bonds is 7. The molecule has 0 saturated carbocycles. The maximum Gasteiger partial charge on any atom is 0.321 e. The van der Waals surface area contributed by atoms with Crippen LogP contribution in [-0.2, 0) is 9.63 Å². The fourth-order valence-corrected chi connectivity index (χ4v) is 3.51. The highest BCUT2D eigenvalue weighted by molar-refractivity contribution is 5.92. The van der Waals surface area contributed by atoms with Crippen molar-refractivity contribution in [1.29, 1.82) is 0 Å². The number of anilines is 1. The van der Waals surface area contributed by atoms with Gasteiger partial charge < -0.3 is 20.4 Å². The molecule has 0 spiro atoms. The maximum atomic E-state index is 12.3. The van der Waals surface area contributed by atoms with Crippen molar-refractivity contribution in [3.8, 4) is 0 Å². The van der Waals surface area contributed by atoms with Crippen molar-refractivity contribution in [2.24, 2.45) is 5.16 Å². The number of benzene rings is 1. The van der Waals surface area contributed by atoms with Crippen molar-refractivity contribution in [2.45, 2.75) is 44.9 Å². The molecule has 3 amide bonds. The van der Waals surface area contributed by atoms with E-state index in [-0.39, 0.29) is 18.5 Å². The number of amides is 3. The summed E-state index contributed by atoms with van der Waals surface area (Å²) in [5.41, 5.74) is 3.11. The Morgan fingerprint density at radius 2 is 1.86 bits per heavy atom. The van der Waals surface area contributed by atoms with Crippen molar-refractivity contribution < 1.29 is 14.4 Å². The van der Waals surface area contributed by atoms with E-state index in [2.05, 4.69) is 21.9 Å². The predicted molar refractivity (Wildman–Crippen MR) is 114 cm³/mol. The minimum atomic E-state index is -0.148. The largest absolute Gasteiger partial charge is 0.386 e. The summed E-state index contributed by atoms with van der Waals surface area (Å²) in [7, 11) is 0. The van der Waals surface area contributed by atoms with Crippen LogP contribution in [-0.4, -0.2) is 48.8 Å². The molecule has 0 bridgehead atoms. The number of carbonyl (C=O) groups is 2. The molecule has 3 rings (SSSR count). The van der Waals surface area contributed by atoms with Crippen LogP contribution in [0.5, 0.6) is 0 Å².